The SMILES string of the molecule is CC(=O)NC(Cc1c[nH]c2ccccc12)C(=O)NCCNC(=O)c1ccccc1. The van der Waals surface area contributed by atoms with Gasteiger partial charge in [-0.25, -0.2) is 0 Å². The lowest BCUT2D eigenvalue weighted by Gasteiger charge is -2.17. The number of carbonyl (C=O) groups is 3. The number of H-pyrrole nitrogens is 1. The van der Waals surface area contributed by atoms with Crippen molar-refractivity contribution in [2.45, 2.75) is 19.4 Å². The molecule has 0 aliphatic carbocycles. The van der Waals surface area contributed by atoms with Gasteiger partial charge in [-0.05, 0) is 23.8 Å². The van der Waals surface area contributed by atoms with E-state index in [2.05, 4.69) is 20.9 Å². The van der Waals surface area contributed by atoms with E-state index >= 15 is 0 Å². The molecular formula is C22H24N4O3. The fourth-order valence-electron chi connectivity index (χ4n) is 3.15. The Morgan fingerprint density at radius 2 is 1.62 bits per heavy atom. The first-order chi connectivity index (χ1) is 14.0. The summed E-state index contributed by atoms with van der Waals surface area (Å²) in [4.78, 5) is 39.4. The summed E-state index contributed by atoms with van der Waals surface area (Å²) in [5, 5.41) is 9.26. The molecule has 1 aromatic heterocycles. The molecule has 3 amide bonds. The molecule has 0 spiro atoms. The third kappa shape index (κ3) is 5.44. The Morgan fingerprint density at radius 1 is 0.931 bits per heavy atom. The molecule has 0 radical (unpaired) electrons. The lowest BCUT2D eigenvalue weighted by atomic mass is 10.0. The minimum absolute atomic E-state index is 0.197. The normalized spacial score (nSPS) is 11.6. The van der Waals surface area contributed by atoms with Gasteiger partial charge in [0.05, 0.1) is 0 Å². The van der Waals surface area contributed by atoms with Crippen molar-refractivity contribution in [2.75, 3.05) is 13.1 Å². The quantitative estimate of drug-likeness (QED) is 0.439. The zero-order valence-electron chi connectivity index (χ0n) is 16.2. The van der Waals surface area contributed by atoms with Crippen LogP contribution in [0.2, 0.25) is 0 Å². The number of amides is 3. The summed E-state index contributed by atoms with van der Waals surface area (Å²) in [6, 6.07) is 16.0. The van der Waals surface area contributed by atoms with E-state index in [0.29, 0.717) is 18.5 Å². The van der Waals surface area contributed by atoms with Crippen LogP contribution in [0.15, 0.2) is 60.8 Å². The van der Waals surface area contributed by atoms with E-state index in [0.717, 1.165) is 16.5 Å². The van der Waals surface area contributed by atoms with Gasteiger partial charge in [0.15, 0.2) is 0 Å². The number of para-hydroxylation sites is 1. The fourth-order valence-corrected chi connectivity index (χ4v) is 3.15. The third-order valence-electron chi connectivity index (χ3n) is 4.54. The smallest absolute Gasteiger partial charge is 0.251 e. The van der Waals surface area contributed by atoms with Gasteiger partial charge in [-0.3, -0.25) is 14.4 Å². The first-order valence-electron chi connectivity index (χ1n) is 9.47. The van der Waals surface area contributed by atoms with E-state index < -0.39 is 6.04 Å². The second kappa shape index (κ2) is 9.54. The summed E-state index contributed by atoms with van der Waals surface area (Å²) in [5.74, 6) is -0.765. The van der Waals surface area contributed by atoms with Crippen LogP contribution in [0.25, 0.3) is 10.9 Å². The molecule has 2 aromatic carbocycles. The Kier molecular flexibility index (Phi) is 6.63. The van der Waals surface area contributed by atoms with E-state index in [9.17, 15) is 14.4 Å². The highest BCUT2D eigenvalue weighted by Crippen LogP contribution is 2.19. The monoisotopic (exact) mass is 392 g/mol. The summed E-state index contributed by atoms with van der Waals surface area (Å²) in [6.45, 7) is 1.94. The third-order valence-corrected chi connectivity index (χ3v) is 4.54. The van der Waals surface area contributed by atoms with Crippen molar-refractivity contribution >= 4 is 28.6 Å². The van der Waals surface area contributed by atoms with Crippen molar-refractivity contribution in [2.24, 2.45) is 0 Å². The number of hydrogen-bond acceptors (Lipinski definition) is 3. The summed E-state index contributed by atoms with van der Waals surface area (Å²) in [5.41, 5.74) is 2.49. The van der Waals surface area contributed by atoms with E-state index in [4.69, 9.17) is 0 Å². The number of rotatable bonds is 8. The van der Waals surface area contributed by atoms with Gasteiger partial charge in [0.1, 0.15) is 6.04 Å². The van der Waals surface area contributed by atoms with E-state index in [1.54, 1.807) is 24.3 Å². The number of aromatic nitrogens is 1. The Morgan fingerprint density at radius 3 is 2.38 bits per heavy atom. The molecule has 29 heavy (non-hydrogen) atoms. The molecule has 0 fully saturated rings. The summed E-state index contributed by atoms with van der Waals surface area (Å²) in [6.07, 6.45) is 2.22. The molecule has 4 N–H and O–H groups in total. The molecule has 0 saturated heterocycles. The molecule has 3 aromatic rings. The summed E-state index contributed by atoms with van der Waals surface area (Å²) >= 11 is 0. The molecule has 7 heteroatoms. The van der Waals surface area contributed by atoms with Gasteiger partial charge in [0.2, 0.25) is 11.8 Å². The molecule has 0 bridgehead atoms. The van der Waals surface area contributed by atoms with Gasteiger partial charge in [-0.15, -0.1) is 0 Å². The van der Waals surface area contributed by atoms with Gasteiger partial charge < -0.3 is 20.9 Å². The van der Waals surface area contributed by atoms with Crippen molar-refractivity contribution in [1.29, 1.82) is 0 Å². The molecule has 1 atom stereocenters. The molecular weight excluding hydrogens is 368 g/mol. The summed E-state index contributed by atoms with van der Waals surface area (Å²) < 4.78 is 0. The van der Waals surface area contributed by atoms with Crippen LogP contribution in [0.1, 0.15) is 22.8 Å². The summed E-state index contributed by atoms with van der Waals surface area (Å²) in [7, 11) is 0. The largest absolute Gasteiger partial charge is 0.361 e. The maximum absolute atomic E-state index is 12.6. The number of nitrogens with one attached hydrogen (secondary N) is 4. The highest BCUT2D eigenvalue weighted by Gasteiger charge is 2.21. The van der Waals surface area contributed by atoms with Crippen molar-refractivity contribution in [1.82, 2.24) is 20.9 Å². The predicted octanol–water partition coefficient (Wildman–Crippen LogP) is 1.76. The maximum Gasteiger partial charge on any atom is 0.251 e. The van der Waals surface area contributed by atoms with E-state index in [1.807, 2.05) is 36.5 Å². The van der Waals surface area contributed by atoms with Crippen molar-refractivity contribution in [3.63, 3.8) is 0 Å². The highest BCUT2D eigenvalue weighted by atomic mass is 16.2. The topological polar surface area (TPSA) is 103 Å². The first-order valence-corrected chi connectivity index (χ1v) is 9.47. The molecule has 1 unspecified atom stereocenters. The Hall–Kier alpha value is -3.61. The molecule has 1 heterocycles. The standard InChI is InChI=1S/C22H24N4O3/c1-15(27)26-20(13-17-14-25-19-10-6-5-9-18(17)19)22(29)24-12-11-23-21(28)16-7-3-2-4-8-16/h2-10,14,20,25H,11-13H2,1H3,(H,23,28)(H,24,29)(H,26,27). The van der Waals surface area contributed by atoms with Crippen LogP contribution in [-0.2, 0) is 16.0 Å². The zero-order valence-corrected chi connectivity index (χ0v) is 16.2. The number of aromatic amines is 1. The minimum atomic E-state index is -0.698. The Balaban J connectivity index is 1.55. The van der Waals surface area contributed by atoms with Crippen molar-refractivity contribution < 1.29 is 14.4 Å². The molecule has 0 saturated carbocycles. The average Bonchev–Trinajstić information content (AvgIpc) is 3.13. The second-order valence-corrected chi connectivity index (χ2v) is 6.73. The predicted molar refractivity (Wildman–Crippen MR) is 111 cm³/mol. The van der Waals surface area contributed by atoms with Crippen LogP contribution >= 0.6 is 0 Å². The maximum atomic E-state index is 12.6. The van der Waals surface area contributed by atoms with Crippen molar-refractivity contribution in [3.05, 3.63) is 71.9 Å². The van der Waals surface area contributed by atoms with Crippen molar-refractivity contribution in [3.8, 4) is 0 Å². The number of benzene rings is 2. The van der Waals surface area contributed by atoms with Crippen LogP contribution in [0.3, 0.4) is 0 Å². The molecule has 150 valence electrons. The van der Waals surface area contributed by atoms with E-state index in [-0.39, 0.29) is 24.3 Å². The van der Waals surface area contributed by atoms with Crippen LogP contribution < -0.4 is 16.0 Å². The van der Waals surface area contributed by atoms with Crippen LogP contribution in [0.4, 0.5) is 0 Å². The second-order valence-electron chi connectivity index (χ2n) is 6.73. The molecule has 0 aliphatic heterocycles. The van der Waals surface area contributed by atoms with Crippen LogP contribution in [0, 0.1) is 0 Å². The van der Waals surface area contributed by atoms with Crippen LogP contribution in [-0.4, -0.2) is 41.8 Å². The number of hydrogen-bond donors (Lipinski definition) is 4. The van der Waals surface area contributed by atoms with Crippen LogP contribution in [0.5, 0.6) is 0 Å². The van der Waals surface area contributed by atoms with E-state index in [1.165, 1.54) is 6.92 Å². The Labute approximate surface area is 168 Å². The number of fused-ring (bicyclic) bond motifs is 1. The highest BCUT2D eigenvalue weighted by molar-refractivity contribution is 5.94. The Bertz CT molecular complexity index is 997. The minimum Gasteiger partial charge on any atom is -0.361 e. The first kappa shape index (κ1) is 20.1. The van der Waals surface area contributed by atoms with Gasteiger partial charge in [0, 0.05) is 49.1 Å². The van der Waals surface area contributed by atoms with Gasteiger partial charge in [-0.2, -0.15) is 0 Å². The van der Waals surface area contributed by atoms with Gasteiger partial charge >= 0.3 is 0 Å². The molecule has 0 aliphatic rings. The average molecular weight is 392 g/mol. The molecule has 3 rings (SSSR count). The lowest BCUT2D eigenvalue weighted by molar-refractivity contribution is -0.128. The molecule has 7 nitrogen and oxygen atoms in total. The number of carbonyl (C=O) groups excluding carboxylic acids is 3. The fraction of sp³-hybridized carbons (Fsp3) is 0.227. The van der Waals surface area contributed by atoms with Gasteiger partial charge in [0.25, 0.3) is 5.91 Å². The van der Waals surface area contributed by atoms with Gasteiger partial charge in [-0.1, -0.05) is 36.4 Å². The zero-order chi connectivity index (χ0) is 20.6. The lowest BCUT2D eigenvalue weighted by Crippen LogP contribution is -2.48.